The van der Waals surface area contributed by atoms with Crippen LogP contribution in [0.4, 0.5) is 5.82 Å². The minimum absolute atomic E-state index is 0.423. The number of pyridine rings is 1. The highest BCUT2D eigenvalue weighted by Crippen LogP contribution is 2.29. The molecule has 0 saturated carbocycles. The fourth-order valence-corrected chi connectivity index (χ4v) is 2.90. The molecule has 1 aromatic carbocycles. The third kappa shape index (κ3) is 2.16. The zero-order valence-corrected chi connectivity index (χ0v) is 11.8. The van der Waals surface area contributed by atoms with E-state index in [2.05, 4.69) is 17.9 Å². The summed E-state index contributed by atoms with van der Waals surface area (Å²) in [5.41, 5.74) is 7.77. The quantitative estimate of drug-likeness (QED) is 0.853. The molecule has 0 amide bonds. The molecule has 19 heavy (non-hydrogen) atoms. The van der Waals surface area contributed by atoms with Gasteiger partial charge in [0.25, 0.3) is 0 Å². The van der Waals surface area contributed by atoms with Crippen molar-refractivity contribution in [2.45, 2.75) is 25.8 Å². The van der Waals surface area contributed by atoms with Crippen LogP contribution in [0.2, 0.25) is 0 Å². The monoisotopic (exact) mass is 271 g/mol. The molecule has 1 saturated heterocycles. The molecule has 1 fully saturated rings. The first-order chi connectivity index (χ1) is 9.16. The maximum absolute atomic E-state index is 5.88. The van der Waals surface area contributed by atoms with Gasteiger partial charge in [0.15, 0.2) is 0 Å². The van der Waals surface area contributed by atoms with Crippen LogP contribution >= 0.6 is 12.2 Å². The second-order valence-corrected chi connectivity index (χ2v) is 5.54. The summed E-state index contributed by atoms with van der Waals surface area (Å²) in [6.45, 7) is 3.26. The van der Waals surface area contributed by atoms with Crippen LogP contribution in [0.15, 0.2) is 30.3 Å². The Morgan fingerprint density at radius 3 is 2.89 bits per heavy atom. The smallest absolute Gasteiger partial charge is 0.139 e. The van der Waals surface area contributed by atoms with Crippen LogP contribution in [0.3, 0.4) is 0 Å². The molecular formula is C15H17N3S. The lowest BCUT2D eigenvalue weighted by atomic mass is 10.1. The van der Waals surface area contributed by atoms with Crippen LogP contribution in [0.1, 0.15) is 25.3 Å². The normalized spacial score (nSPS) is 19.0. The summed E-state index contributed by atoms with van der Waals surface area (Å²) < 4.78 is 0. The van der Waals surface area contributed by atoms with Crippen LogP contribution in [0.25, 0.3) is 10.9 Å². The lowest BCUT2D eigenvalue weighted by molar-refractivity contribution is 0.728. The number of hydrogen-bond acceptors (Lipinski definition) is 3. The number of anilines is 1. The molecule has 2 heterocycles. The summed E-state index contributed by atoms with van der Waals surface area (Å²) in [6.07, 6.45) is 2.40. The Morgan fingerprint density at radius 1 is 1.42 bits per heavy atom. The summed E-state index contributed by atoms with van der Waals surface area (Å²) in [7, 11) is 0. The number of thiocarbonyl (C=S) groups is 1. The fourth-order valence-electron chi connectivity index (χ4n) is 2.75. The van der Waals surface area contributed by atoms with Gasteiger partial charge in [0.05, 0.1) is 11.1 Å². The molecule has 0 spiro atoms. The molecule has 1 aromatic heterocycles. The first-order valence-corrected chi connectivity index (χ1v) is 7.04. The molecule has 1 aliphatic heterocycles. The first kappa shape index (κ1) is 12.4. The average molecular weight is 271 g/mol. The van der Waals surface area contributed by atoms with E-state index in [9.17, 15) is 0 Å². The molecule has 1 aliphatic rings. The van der Waals surface area contributed by atoms with Crippen LogP contribution < -0.4 is 10.6 Å². The van der Waals surface area contributed by atoms with E-state index in [1.807, 2.05) is 24.3 Å². The summed E-state index contributed by atoms with van der Waals surface area (Å²) in [4.78, 5) is 7.53. The zero-order chi connectivity index (χ0) is 13.4. The van der Waals surface area contributed by atoms with Gasteiger partial charge >= 0.3 is 0 Å². The molecule has 2 N–H and O–H groups in total. The van der Waals surface area contributed by atoms with E-state index in [-0.39, 0.29) is 0 Å². The average Bonchev–Trinajstić information content (AvgIpc) is 2.83. The Balaban J connectivity index is 2.20. The van der Waals surface area contributed by atoms with Crippen molar-refractivity contribution in [1.29, 1.82) is 0 Å². The highest BCUT2D eigenvalue weighted by atomic mass is 32.1. The SMILES string of the molecule is CC1CCCN1c1nc2ccccc2cc1C(N)=S. The second kappa shape index (κ2) is 4.78. The van der Waals surface area contributed by atoms with Gasteiger partial charge in [0, 0.05) is 18.0 Å². The molecule has 2 aromatic rings. The lowest BCUT2D eigenvalue weighted by Gasteiger charge is -2.25. The number of aromatic nitrogens is 1. The van der Waals surface area contributed by atoms with E-state index in [1.165, 1.54) is 12.8 Å². The van der Waals surface area contributed by atoms with Crippen LogP contribution in [0.5, 0.6) is 0 Å². The van der Waals surface area contributed by atoms with Crippen molar-refractivity contribution in [1.82, 2.24) is 4.98 Å². The molecule has 98 valence electrons. The van der Waals surface area contributed by atoms with Gasteiger partial charge in [-0.15, -0.1) is 0 Å². The van der Waals surface area contributed by atoms with Gasteiger partial charge in [-0.2, -0.15) is 0 Å². The minimum atomic E-state index is 0.423. The van der Waals surface area contributed by atoms with E-state index >= 15 is 0 Å². The number of rotatable bonds is 2. The van der Waals surface area contributed by atoms with E-state index < -0.39 is 0 Å². The molecule has 0 radical (unpaired) electrons. The van der Waals surface area contributed by atoms with Crippen molar-refractivity contribution in [3.8, 4) is 0 Å². The molecule has 3 nitrogen and oxygen atoms in total. The summed E-state index contributed by atoms with van der Waals surface area (Å²) in [5.74, 6) is 0.941. The number of para-hydroxylation sites is 1. The fraction of sp³-hybridized carbons (Fsp3) is 0.333. The number of benzene rings is 1. The van der Waals surface area contributed by atoms with Crippen LogP contribution in [-0.2, 0) is 0 Å². The van der Waals surface area contributed by atoms with Crippen LogP contribution in [0, 0.1) is 0 Å². The highest BCUT2D eigenvalue weighted by Gasteiger charge is 2.24. The second-order valence-electron chi connectivity index (χ2n) is 5.10. The van der Waals surface area contributed by atoms with E-state index in [0.29, 0.717) is 11.0 Å². The maximum Gasteiger partial charge on any atom is 0.139 e. The first-order valence-electron chi connectivity index (χ1n) is 6.63. The van der Waals surface area contributed by atoms with Gasteiger partial charge in [-0.1, -0.05) is 30.4 Å². The largest absolute Gasteiger partial charge is 0.389 e. The van der Waals surface area contributed by atoms with E-state index in [4.69, 9.17) is 22.9 Å². The third-order valence-electron chi connectivity index (χ3n) is 3.79. The highest BCUT2D eigenvalue weighted by molar-refractivity contribution is 7.80. The van der Waals surface area contributed by atoms with Crippen molar-refractivity contribution in [2.75, 3.05) is 11.4 Å². The molecule has 4 heteroatoms. The summed E-state index contributed by atoms with van der Waals surface area (Å²) in [5, 5.41) is 1.08. The van der Waals surface area contributed by atoms with Crippen molar-refractivity contribution >= 4 is 33.9 Å². The molecular weight excluding hydrogens is 254 g/mol. The van der Waals surface area contributed by atoms with Crippen molar-refractivity contribution in [3.63, 3.8) is 0 Å². The van der Waals surface area contributed by atoms with Gasteiger partial charge in [0.2, 0.25) is 0 Å². The summed E-state index contributed by atoms with van der Waals surface area (Å²) in [6, 6.07) is 10.6. The molecule has 0 bridgehead atoms. The Morgan fingerprint density at radius 2 is 2.21 bits per heavy atom. The Hall–Kier alpha value is -1.68. The third-order valence-corrected chi connectivity index (χ3v) is 4.01. The Bertz CT molecular complexity index is 638. The van der Waals surface area contributed by atoms with Gasteiger partial charge in [-0.3, -0.25) is 0 Å². The van der Waals surface area contributed by atoms with Gasteiger partial charge in [0.1, 0.15) is 10.8 Å². The molecule has 1 atom stereocenters. The number of nitrogens with two attached hydrogens (primary N) is 1. The van der Waals surface area contributed by atoms with E-state index in [1.54, 1.807) is 0 Å². The predicted molar refractivity (Wildman–Crippen MR) is 83.7 cm³/mol. The molecule has 0 aliphatic carbocycles. The maximum atomic E-state index is 5.88. The number of fused-ring (bicyclic) bond motifs is 1. The van der Waals surface area contributed by atoms with Crippen molar-refractivity contribution in [2.24, 2.45) is 5.73 Å². The van der Waals surface area contributed by atoms with Crippen LogP contribution in [-0.4, -0.2) is 22.6 Å². The Kier molecular flexibility index (Phi) is 3.11. The standard InChI is InChI=1S/C15H17N3S/c1-10-5-4-8-18(10)15-12(14(16)19)9-11-6-2-3-7-13(11)17-15/h2-3,6-7,9-10H,4-5,8H2,1H3,(H2,16,19). The van der Waals surface area contributed by atoms with E-state index in [0.717, 1.165) is 28.8 Å². The zero-order valence-electron chi connectivity index (χ0n) is 11.0. The lowest BCUT2D eigenvalue weighted by Crippen LogP contribution is -2.30. The molecule has 3 rings (SSSR count). The number of nitrogens with zero attached hydrogens (tertiary/aromatic N) is 2. The van der Waals surface area contributed by atoms with Gasteiger partial charge < -0.3 is 10.6 Å². The predicted octanol–water partition coefficient (Wildman–Crippen LogP) is 2.86. The number of hydrogen-bond donors (Lipinski definition) is 1. The summed E-state index contributed by atoms with van der Waals surface area (Å²) >= 11 is 5.20. The molecule has 1 unspecified atom stereocenters. The van der Waals surface area contributed by atoms with Crippen molar-refractivity contribution < 1.29 is 0 Å². The topological polar surface area (TPSA) is 42.2 Å². The Labute approximate surface area is 118 Å². The van der Waals surface area contributed by atoms with Gasteiger partial charge in [-0.25, -0.2) is 4.98 Å². The minimum Gasteiger partial charge on any atom is -0.389 e. The van der Waals surface area contributed by atoms with Gasteiger partial charge in [-0.05, 0) is 31.9 Å². The van der Waals surface area contributed by atoms with Crippen molar-refractivity contribution in [3.05, 3.63) is 35.9 Å².